The molecule has 0 aromatic carbocycles. The number of morpholine rings is 1. The van der Waals surface area contributed by atoms with Crippen LogP contribution in [0, 0.1) is 0 Å². The highest BCUT2D eigenvalue weighted by atomic mass is 32.1. The van der Waals surface area contributed by atoms with Crippen LogP contribution in [0.2, 0.25) is 0 Å². The van der Waals surface area contributed by atoms with Gasteiger partial charge in [0.2, 0.25) is 0 Å². The standard InChI is InChI=1S/C17H24N4O2S/c1-12-9-20(10-13(2)23-12)16(22)15-14(11-19-5-3-4-6-19)21-7-8-24-17(21)18-15/h7-8,12-13H,3-6,9-11H2,1-2H3/t12-,13+. The molecule has 4 heterocycles. The Bertz CT molecular complexity index is 724. The van der Waals surface area contributed by atoms with Crippen molar-refractivity contribution in [3.05, 3.63) is 23.0 Å². The Labute approximate surface area is 146 Å². The van der Waals surface area contributed by atoms with Gasteiger partial charge in [-0.05, 0) is 39.8 Å². The third-order valence-corrected chi connectivity index (χ3v) is 5.60. The Hall–Kier alpha value is -1.44. The summed E-state index contributed by atoms with van der Waals surface area (Å²) < 4.78 is 7.85. The summed E-state index contributed by atoms with van der Waals surface area (Å²) in [6.45, 7) is 8.33. The minimum absolute atomic E-state index is 0.0436. The maximum Gasteiger partial charge on any atom is 0.274 e. The summed E-state index contributed by atoms with van der Waals surface area (Å²) in [5.74, 6) is 0.0436. The molecule has 2 aromatic rings. The summed E-state index contributed by atoms with van der Waals surface area (Å²) >= 11 is 1.58. The molecule has 0 spiro atoms. The van der Waals surface area contributed by atoms with E-state index in [9.17, 15) is 4.79 Å². The number of carbonyl (C=O) groups is 1. The lowest BCUT2D eigenvalue weighted by Gasteiger charge is -2.35. The van der Waals surface area contributed by atoms with Crippen LogP contribution in [-0.2, 0) is 11.3 Å². The zero-order valence-electron chi connectivity index (χ0n) is 14.3. The van der Waals surface area contributed by atoms with Crippen molar-refractivity contribution in [3.63, 3.8) is 0 Å². The Morgan fingerprint density at radius 3 is 2.71 bits per heavy atom. The van der Waals surface area contributed by atoms with Gasteiger partial charge >= 0.3 is 0 Å². The molecule has 2 saturated heterocycles. The third kappa shape index (κ3) is 2.96. The van der Waals surface area contributed by atoms with Crippen LogP contribution in [0.3, 0.4) is 0 Å². The molecule has 7 heteroatoms. The average Bonchev–Trinajstić information content (AvgIpc) is 3.24. The van der Waals surface area contributed by atoms with Crippen LogP contribution in [0.15, 0.2) is 11.6 Å². The van der Waals surface area contributed by atoms with Gasteiger partial charge in [0.1, 0.15) is 0 Å². The number of aromatic nitrogens is 2. The second-order valence-electron chi connectivity index (χ2n) is 6.91. The summed E-state index contributed by atoms with van der Waals surface area (Å²) in [5, 5.41) is 2.03. The van der Waals surface area contributed by atoms with E-state index in [2.05, 4.69) is 14.3 Å². The van der Waals surface area contributed by atoms with Crippen molar-refractivity contribution in [1.29, 1.82) is 0 Å². The average molecular weight is 348 g/mol. The smallest absolute Gasteiger partial charge is 0.274 e. The number of thiazole rings is 1. The van der Waals surface area contributed by atoms with Crippen molar-refractivity contribution in [3.8, 4) is 0 Å². The van der Waals surface area contributed by atoms with Crippen LogP contribution >= 0.6 is 11.3 Å². The van der Waals surface area contributed by atoms with Crippen LogP contribution in [0.4, 0.5) is 0 Å². The number of carbonyl (C=O) groups excluding carboxylic acids is 1. The molecule has 2 atom stereocenters. The van der Waals surface area contributed by atoms with Gasteiger partial charge in [-0.2, -0.15) is 0 Å². The summed E-state index contributed by atoms with van der Waals surface area (Å²) in [5.41, 5.74) is 1.65. The molecule has 0 aliphatic carbocycles. The number of rotatable bonds is 3. The van der Waals surface area contributed by atoms with Gasteiger partial charge in [0.05, 0.1) is 17.9 Å². The number of amides is 1. The summed E-state index contributed by atoms with van der Waals surface area (Å²) in [6.07, 6.45) is 4.66. The molecule has 0 radical (unpaired) electrons. The monoisotopic (exact) mass is 348 g/mol. The molecule has 2 fully saturated rings. The number of imidazole rings is 1. The molecule has 0 N–H and O–H groups in total. The Balaban J connectivity index is 1.64. The molecule has 1 amide bonds. The highest BCUT2D eigenvalue weighted by Crippen LogP contribution is 2.23. The fraction of sp³-hybridized carbons (Fsp3) is 0.647. The van der Waals surface area contributed by atoms with E-state index < -0.39 is 0 Å². The molecule has 130 valence electrons. The zero-order chi connectivity index (χ0) is 16.7. The topological polar surface area (TPSA) is 50.1 Å². The Morgan fingerprint density at radius 2 is 2.00 bits per heavy atom. The van der Waals surface area contributed by atoms with Crippen LogP contribution < -0.4 is 0 Å². The maximum atomic E-state index is 13.1. The fourth-order valence-corrected chi connectivity index (χ4v) is 4.53. The van der Waals surface area contributed by atoms with Crippen LogP contribution in [0.1, 0.15) is 42.9 Å². The van der Waals surface area contributed by atoms with Gasteiger partial charge in [0.15, 0.2) is 10.7 Å². The van der Waals surface area contributed by atoms with E-state index in [-0.39, 0.29) is 18.1 Å². The van der Waals surface area contributed by atoms with E-state index >= 15 is 0 Å². The quantitative estimate of drug-likeness (QED) is 0.854. The van der Waals surface area contributed by atoms with Crippen LogP contribution in [0.25, 0.3) is 4.96 Å². The van der Waals surface area contributed by atoms with E-state index in [1.165, 1.54) is 12.8 Å². The molecule has 4 rings (SSSR count). The number of hydrogen-bond acceptors (Lipinski definition) is 5. The van der Waals surface area contributed by atoms with Crippen molar-refractivity contribution in [2.24, 2.45) is 0 Å². The Kier molecular flexibility index (Phi) is 4.32. The molecular weight excluding hydrogens is 324 g/mol. The lowest BCUT2D eigenvalue weighted by molar-refractivity contribution is -0.0587. The second kappa shape index (κ2) is 6.46. The first-order valence-corrected chi connectivity index (χ1v) is 9.61. The van der Waals surface area contributed by atoms with Gasteiger partial charge in [-0.25, -0.2) is 4.98 Å². The first kappa shape index (κ1) is 16.1. The van der Waals surface area contributed by atoms with Crippen molar-refractivity contribution in [1.82, 2.24) is 19.2 Å². The predicted octanol–water partition coefficient (Wildman–Crippen LogP) is 2.24. The van der Waals surface area contributed by atoms with Crippen LogP contribution in [-0.4, -0.2) is 63.5 Å². The van der Waals surface area contributed by atoms with Gasteiger partial charge in [-0.3, -0.25) is 14.1 Å². The van der Waals surface area contributed by atoms with E-state index in [0.29, 0.717) is 18.8 Å². The highest BCUT2D eigenvalue weighted by Gasteiger charge is 2.31. The zero-order valence-corrected chi connectivity index (χ0v) is 15.1. The van der Waals surface area contributed by atoms with Crippen molar-refractivity contribution in [2.45, 2.75) is 45.4 Å². The minimum Gasteiger partial charge on any atom is -0.372 e. The number of hydrogen-bond donors (Lipinski definition) is 0. The second-order valence-corrected chi connectivity index (χ2v) is 7.79. The molecular formula is C17H24N4O2S. The number of fused-ring (bicyclic) bond motifs is 1. The molecule has 6 nitrogen and oxygen atoms in total. The van der Waals surface area contributed by atoms with E-state index in [4.69, 9.17) is 4.74 Å². The lowest BCUT2D eigenvalue weighted by atomic mass is 10.2. The molecule has 0 bridgehead atoms. The van der Waals surface area contributed by atoms with Crippen molar-refractivity contribution >= 4 is 22.2 Å². The summed E-state index contributed by atoms with van der Waals surface area (Å²) in [6, 6.07) is 0. The SMILES string of the molecule is C[C@@H]1CN(C(=O)c2nc3sccn3c2CN2CCCC2)C[C@H](C)O1. The van der Waals surface area contributed by atoms with E-state index in [0.717, 1.165) is 30.3 Å². The molecule has 2 aliphatic rings. The van der Waals surface area contributed by atoms with Crippen molar-refractivity contribution in [2.75, 3.05) is 26.2 Å². The van der Waals surface area contributed by atoms with Gasteiger partial charge < -0.3 is 9.64 Å². The van der Waals surface area contributed by atoms with Crippen LogP contribution in [0.5, 0.6) is 0 Å². The number of nitrogens with zero attached hydrogens (tertiary/aromatic N) is 4. The third-order valence-electron chi connectivity index (χ3n) is 4.84. The normalized spacial score (nSPS) is 25.7. The summed E-state index contributed by atoms with van der Waals surface area (Å²) in [7, 11) is 0. The molecule has 0 unspecified atom stereocenters. The molecule has 24 heavy (non-hydrogen) atoms. The minimum atomic E-state index is 0.0436. The number of likely N-dealkylation sites (tertiary alicyclic amines) is 1. The summed E-state index contributed by atoms with van der Waals surface area (Å²) in [4.78, 5) is 23.0. The number of ether oxygens (including phenoxy) is 1. The largest absolute Gasteiger partial charge is 0.372 e. The molecule has 2 aromatic heterocycles. The van der Waals surface area contributed by atoms with Gasteiger partial charge in [0.25, 0.3) is 5.91 Å². The van der Waals surface area contributed by atoms with Gasteiger partial charge in [-0.1, -0.05) is 0 Å². The lowest BCUT2D eigenvalue weighted by Crippen LogP contribution is -2.48. The fourth-order valence-electron chi connectivity index (χ4n) is 3.80. The van der Waals surface area contributed by atoms with Gasteiger partial charge in [0, 0.05) is 31.2 Å². The predicted molar refractivity (Wildman–Crippen MR) is 93.5 cm³/mol. The first-order valence-electron chi connectivity index (χ1n) is 8.73. The molecule has 2 aliphatic heterocycles. The van der Waals surface area contributed by atoms with Crippen molar-refractivity contribution < 1.29 is 9.53 Å². The maximum absolute atomic E-state index is 13.1. The molecule has 0 saturated carbocycles. The van der Waals surface area contributed by atoms with Gasteiger partial charge in [-0.15, -0.1) is 11.3 Å². The van der Waals surface area contributed by atoms with E-state index in [1.807, 2.05) is 30.3 Å². The van der Waals surface area contributed by atoms with E-state index in [1.54, 1.807) is 11.3 Å². The first-order chi connectivity index (χ1) is 11.6. The Morgan fingerprint density at radius 1 is 1.29 bits per heavy atom. The highest BCUT2D eigenvalue weighted by molar-refractivity contribution is 7.15.